The molecule has 1 aromatic heterocycles. The molecule has 5 heteroatoms. The lowest BCUT2D eigenvalue weighted by atomic mass is 10.1. The highest BCUT2D eigenvalue weighted by molar-refractivity contribution is 6.32. The van der Waals surface area contributed by atoms with Gasteiger partial charge in [-0.2, -0.15) is 0 Å². The van der Waals surface area contributed by atoms with Crippen LogP contribution in [0.25, 0.3) is 11.0 Å². The highest BCUT2D eigenvalue weighted by atomic mass is 35.5. The van der Waals surface area contributed by atoms with Crippen LogP contribution in [-0.2, 0) is 11.3 Å². The van der Waals surface area contributed by atoms with Crippen LogP contribution in [0.15, 0.2) is 27.4 Å². The molecule has 0 aliphatic carbocycles. The number of rotatable bonds is 2. The van der Waals surface area contributed by atoms with Gasteiger partial charge in [-0.25, -0.2) is 4.79 Å². The number of ether oxygens (including phenoxy) is 1. The van der Waals surface area contributed by atoms with Crippen LogP contribution in [0.4, 0.5) is 0 Å². The molecule has 0 unspecified atom stereocenters. The van der Waals surface area contributed by atoms with Gasteiger partial charge in [-0.05, 0) is 11.6 Å². The molecule has 0 fully saturated rings. The van der Waals surface area contributed by atoms with Crippen molar-refractivity contribution in [3.63, 3.8) is 0 Å². The Morgan fingerprint density at radius 3 is 2.88 bits per heavy atom. The average molecular weight is 241 g/mol. The Balaban J connectivity index is 2.79. The Bertz CT molecular complexity index is 588. The molecule has 1 aromatic carbocycles. The molecule has 2 rings (SSSR count). The molecule has 1 heterocycles. The van der Waals surface area contributed by atoms with Crippen LogP contribution in [0, 0.1) is 0 Å². The number of hydrogen-bond donors (Lipinski definition) is 1. The van der Waals surface area contributed by atoms with Crippen LogP contribution in [0.5, 0.6) is 5.75 Å². The van der Waals surface area contributed by atoms with E-state index in [1.54, 1.807) is 6.07 Å². The second-order valence-electron chi connectivity index (χ2n) is 3.32. The standard InChI is InChI=1S/C11H9ClO4/c1-15-5-6-2-11(14)16-10-4-9(13)8(12)3-7(6)10/h2-4,13H,5H2,1H3. The van der Waals surface area contributed by atoms with E-state index in [4.69, 9.17) is 20.8 Å². The summed E-state index contributed by atoms with van der Waals surface area (Å²) in [6.45, 7) is 0.281. The number of benzene rings is 1. The van der Waals surface area contributed by atoms with Gasteiger partial charge in [0.1, 0.15) is 11.3 Å². The largest absolute Gasteiger partial charge is 0.506 e. The van der Waals surface area contributed by atoms with E-state index in [9.17, 15) is 9.90 Å². The molecule has 0 atom stereocenters. The molecule has 0 saturated carbocycles. The maximum atomic E-state index is 11.2. The molecule has 1 N–H and O–H groups in total. The minimum Gasteiger partial charge on any atom is -0.506 e. The van der Waals surface area contributed by atoms with E-state index in [1.807, 2.05) is 0 Å². The van der Waals surface area contributed by atoms with Crippen molar-refractivity contribution in [2.24, 2.45) is 0 Å². The third-order valence-electron chi connectivity index (χ3n) is 2.20. The van der Waals surface area contributed by atoms with Crippen LogP contribution >= 0.6 is 11.6 Å². The van der Waals surface area contributed by atoms with Crippen LogP contribution in [-0.4, -0.2) is 12.2 Å². The molecule has 4 nitrogen and oxygen atoms in total. The highest BCUT2D eigenvalue weighted by Gasteiger charge is 2.09. The Kier molecular flexibility index (Phi) is 2.85. The molecule has 0 radical (unpaired) electrons. The van der Waals surface area contributed by atoms with Crippen molar-refractivity contribution in [2.75, 3.05) is 7.11 Å². The normalized spacial score (nSPS) is 10.9. The Hall–Kier alpha value is -1.52. The van der Waals surface area contributed by atoms with Crippen molar-refractivity contribution in [1.29, 1.82) is 0 Å². The van der Waals surface area contributed by atoms with E-state index in [1.165, 1.54) is 19.2 Å². The Morgan fingerprint density at radius 2 is 2.19 bits per heavy atom. The number of methoxy groups -OCH3 is 1. The molecule has 0 bridgehead atoms. The fourth-order valence-electron chi connectivity index (χ4n) is 1.51. The lowest BCUT2D eigenvalue weighted by Crippen LogP contribution is -2.01. The van der Waals surface area contributed by atoms with Crippen molar-refractivity contribution < 1.29 is 14.3 Å². The first-order valence-electron chi connectivity index (χ1n) is 4.56. The zero-order valence-corrected chi connectivity index (χ0v) is 9.25. The van der Waals surface area contributed by atoms with Crippen molar-refractivity contribution >= 4 is 22.6 Å². The third-order valence-corrected chi connectivity index (χ3v) is 2.50. The summed E-state index contributed by atoms with van der Waals surface area (Å²) in [7, 11) is 1.53. The first-order chi connectivity index (χ1) is 7.61. The lowest BCUT2D eigenvalue weighted by molar-refractivity contribution is 0.185. The van der Waals surface area contributed by atoms with Gasteiger partial charge in [-0.15, -0.1) is 0 Å². The summed E-state index contributed by atoms with van der Waals surface area (Å²) in [4.78, 5) is 11.2. The SMILES string of the molecule is COCc1cc(=O)oc2cc(O)c(Cl)cc12. The Labute approximate surface area is 96.0 Å². The molecular formula is C11H9ClO4. The van der Waals surface area contributed by atoms with E-state index in [0.717, 1.165) is 0 Å². The van der Waals surface area contributed by atoms with Gasteiger partial charge in [0.25, 0.3) is 0 Å². The van der Waals surface area contributed by atoms with Crippen molar-refractivity contribution in [3.8, 4) is 5.75 Å². The first kappa shape index (κ1) is 11.0. The fraction of sp³-hybridized carbons (Fsp3) is 0.182. The second-order valence-corrected chi connectivity index (χ2v) is 3.73. The lowest BCUT2D eigenvalue weighted by Gasteiger charge is -2.05. The topological polar surface area (TPSA) is 59.7 Å². The number of hydrogen-bond acceptors (Lipinski definition) is 4. The number of phenols is 1. The van der Waals surface area contributed by atoms with E-state index in [2.05, 4.69) is 0 Å². The van der Waals surface area contributed by atoms with Gasteiger partial charge in [-0.3, -0.25) is 0 Å². The molecule has 0 saturated heterocycles. The van der Waals surface area contributed by atoms with E-state index < -0.39 is 5.63 Å². The van der Waals surface area contributed by atoms with Crippen molar-refractivity contribution in [3.05, 3.63) is 39.2 Å². The summed E-state index contributed by atoms with van der Waals surface area (Å²) in [6, 6.07) is 4.21. The van der Waals surface area contributed by atoms with Gasteiger partial charge in [0.05, 0.1) is 11.6 Å². The van der Waals surface area contributed by atoms with E-state index in [-0.39, 0.29) is 17.4 Å². The minimum absolute atomic E-state index is 0.119. The molecule has 84 valence electrons. The summed E-state index contributed by atoms with van der Waals surface area (Å²) >= 11 is 5.79. The first-order valence-corrected chi connectivity index (χ1v) is 4.94. The summed E-state index contributed by atoms with van der Waals surface area (Å²) in [5.74, 6) is -0.119. The molecule has 2 aromatic rings. The Morgan fingerprint density at radius 1 is 1.44 bits per heavy atom. The summed E-state index contributed by atoms with van der Waals surface area (Å²) < 4.78 is 9.93. The molecule has 0 aliphatic rings. The van der Waals surface area contributed by atoms with Crippen LogP contribution in [0.2, 0.25) is 5.02 Å². The quantitative estimate of drug-likeness (QED) is 0.819. The zero-order valence-electron chi connectivity index (χ0n) is 8.49. The third kappa shape index (κ3) is 1.89. The van der Waals surface area contributed by atoms with Gasteiger partial charge in [0.2, 0.25) is 0 Å². The van der Waals surface area contributed by atoms with Gasteiger partial charge < -0.3 is 14.3 Å². The van der Waals surface area contributed by atoms with Crippen molar-refractivity contribution in [2.45, 2.75) is 6.61 Å². The molecule has 0 amide bonds. The number of halogens is 1. The van der Waals surface area contributed by atoms with E-state index >= 15 is 0 Å². The van der Waals surface area contributed by atoms with Gasteiger partial charge in [0, 0.05) is 24.6 Å². The van der Waals surface area contributed by atoms with Gasteiger partial charge in [-0.1, -0.05) is 11.6 Å². The molecular weight excluding hydrogens is 232 g/mol. The average Bonchev–Trinajstić information content (AvgIpc) is 2.21. The van der Waals surface area contributed by atoms with Gasteiger partial charge in [0.15, 0.2) is 0 Å². The molecule has 0 spiro atoms. The van der Waals surface area contributed by atoms with Gasteiger partial charge >= 0.3 is 5.63 Å². The van der Waals surface area contributed by atoms with E-state index in [0.29, 0.717) is 16.5 Å². The fourth-order valence-corrected chi connectivity index (χ4v) is 1.67. The van der Waals surface area contributed by atoms with Crippen LogP contribution < -0.4 is 5.63 Å². The predicted molar refractivity (Wildman–Crippen MR) is 59.9 cm³/mol. The minimum atomic E-state index is -0.485. The highest BCUT2D eigenvalue weighted by Crippen LogP contribution is 2.30. The monoisotopic (exact) mass is 240 g/mol. The summed E-state index contributed by atoms with van der Waals surface area (Å²) in [6.07, 6.45) is 0. The zero-order chi connectivity index (χ0) is 11.7. The molecule has 0 aliphatic heterocycles. The maximum Gasteiger partial charge on any atom is 0.336 e. The molecule has 16 heavy (non-hydrogen) atoms. The summed E-state index contributed by atoms with van der Waals surface area (Å²) in [5, 5.41) is 10.3. The second kappa shape index (κ2) is 4.15. The smallest absolute Gasteiger partial charge is 0.336 e. The summed E-state index contributed by atoms with van der Waals surface area (Å²) in [5.41, 5.74) is 0.485. The van der Waals surface area contributed by atoms with Crippen LogP contribution in [0.1, 0.15) is 5.56 Å². The number of fused-ring (bicyclic) bond motifs is 1. The number of phenolic OH excluding ortho intramolecular Hbond substituents is 1. The maximum absolute atomic E-state index is 11.2. The number of aromatic hydroxyl groups is 1. The van der Waals surface area contributed by atoms with Crippen molar-refractivity contribution in [1.82, 2.24) is 0 Å². The van der Waals surface area contributed by atoms with Crippen LogP contribution in [0.3, 0.4) is 0 Å². The predicted octanol–water partition coefficient (Wildman–Crippen LogP) is 2.30.